The summed E-state index contributed by atoms with van der Waals surface area (Å²) in [4.78, 5) is 6.76. The molecule has 0 bridgehead atoms. The zero-order chi connectivity index (χ0) is 13.0. The molecule has 1 aromatic heterocycles. The molecule has 0 aromatic carbocycles. The molecule has 2 heterocycles. The van der Waals surface area contributed by atoms with E-state index in [9.17, 15) is 0 Å². The molecule has 0 aliphatic carbocycles. The minimum Gasteiger partial charge on any atom is -0.364 e. The summed E-state index contributed by atoms with van der Waals surface area (Å²) in [6, 6.07) is 3.36. The smallest absolute Gasteiger partial charge is 0.0591 e. The molecular formula is C15H26N2. The van der Waals surface area contributed by atoms with Gasteiger partial charge in [0.15, 0.2) is 0 Å². The first-order valence-corrected chi connectivity index (χ1v) is 6.82. The quantitative estimate of drug-likeness (QED) is 0.771. The lowest BCUT2D eigenvalue weighted by Crippen LogP contribution is -2.40. The first-order valence-electron chi connectivity index (χ1n) is 6.82. The Morgan fingerprint density at radius 2 is 1.88 bits per heavy atom. The molecule has 0 N–H and O–H groups in total. The van der Waals surface area contributed by atoms with E-state index in [0.29, 0.717) is 18.0 Å². The standard InChI is InChI=1S/C13H20N2.C2H6/c1-9(2)12-7-11-5-6-14-8-13(11)15(12)10(3)4;1-2/h5-6,8-10,12H,7H2,1-4H3;1-2H3. The van der Waals surface area contributed by atoms with E-state index in [0.717, 1.165) is 0 Å². The van der Waals surface area contributed by atoms with Gasteiger partial charge in [-0.2, -0.15) is 0 Å². The van der Waals surface area contributed by atoms with Gasteiger partial charge in [-0.25, -0.2) is 0 Å². The van der Waals surface area contributed by atoms with Gasteiger partial charge in [-0.1, -0.05) is 27.7 Å². The van der Waals surface area contributed by atoms with Crippen molar-refractivity contribution in [3.63, 3.8) is 0 Å². The largest absolute Gasteiger partial charge is 0.364 e. The molecule has 0 spiro atoms. The summed E-state index contributed by atoms with van der Waals surface area (Å²) >= 11 is 0. The number of aromatic nitrogens is 1. The number of hydrogen-bond acceptors (Lipinski definition) is 2. The fraction of sp³-hybridized carbons (Fsp3) is 0.667. The Kier molecular flexibility index (Phi) is 4.98. The minimum absolute atomic E-state index is 0.558. The van der Waals surface area contributed by atoms with Crippen LogP contribution >= 0.6 is 0 Å². The number of hydrogen-bond donors (Lipinski definition) is 0. The van der Waals surface area contributed by atoms with Gasteiger partial charge in [-0.15, -0.1) is 0 Å². The number of rotatable bonds is 2. The fourth-order valence-electron chi connectivity index (χ4n) is 2.54. The highest BCUT2D eigenvalue weighted by Crippen LogP contribution is 2.35. The van der Waals surface area contributed by atoms with E-state index in [2.05, 4.69) is 43.6 Å². The zero-order valence-corrected chi connectivity index (χ0v) is 12.1. The lowest BCUT2D eigenvalue weighted by Gasteiger charge is -2.33. The van der Waals surface area contributed by atoms with Crippen LogP contribution in [0.3, 0.4) is 0 Å². The molecule has 1 aliphatic heterocycles. The maximum absolute atomic E-state index is 4.24. The number of nitrogens with zero attached hydrogens (tertiary/aromatic N) is 2. The summed E-state index contributed by atoms with van der Waals surface area (Å²) in [6.45, 7) is 13.1. The van der Waals surface area contributed by atoms with E-state index in [1.165, 1.54) is 17.7 Å². The SMILES string of the molecule is CC.CC(C)C1Cc2ccncc2N1C(C)C. The summed E-state index contributed by atoms with van der Waals surface area (Å²) in [5.41, 5.74) is 2.80. The van der Waals surface area contributed by atoms with Crippen LogP contribution < -0.4 is 4.90 Å². The van der Waals surface area contributed by atoms with Crippen molar-refractivity contribution in [3.8, 4) is 0 Å². The van der Waals surface area contributed by atoms with Crippen molar-refractivity contribution in [1.82, 2.24) is 4.98 Å². The molecule has 2 heteroatoms. The third-order valence-electron chi connectivity index (χ3n) is 3.28. The lowest BCUT2D eigenvalue weighted by molar-refractivity contribution is 0.448. The number of anilines is 1. The Balaban J connectivity index is 0.000000686. The van der Waals surface area contributed by atoms with Crippen molar-refractivity contribution in [2.75, 3.05) is 4.90 Å². The maximum Gasteiger partial charge on any atom is 0.0591 e. The second kappa shape index (κ2) is 6.04. The van der Waals surface area contributed by atoms with Crippen LogP contribution in [0.5, 0.6) is 0 Å². The van der Waals surface area contributed by atoms with Crippen molar-refractivity contribution < 1.29 is 0 Å². The van der Waals surface area contributed by atoms with E-state index in [1.54, 1.807) is 0 Å². The predicted molar refractivity (Wildman–Crippen MR) is 75.5 cm³/mol. The lowest BCUT2D eigenvalue weighted by atomic mass is 9.99. The van der Waals surface area contributed by atoms with E-state index < -0.39 is 0 Å². The van der Waals surface area contributed by atoms with Gasteiger partial charge in [0.1, 0.15) is 0 Å². The van der Waals surface area contributed by atoms with Gasteiger partial charge in [0.05, 0.1) is 11.9 Å². The van der Waals surface area contributed by atoms with Crippen LogP contribution in [0.2, 0.25) is 0 Å². The van der Waals surface area contributed by atoms with Crippen molar-refractivity contribution in [3.05, 3.63) is 24.0 Å². The van der Waals surface area contributed by atoms with Gasteiger partial charge < -0.3 is 4.90 Å². The highest BCUT2D eigenvalue weighted by atomic mass is 15.2. The molecule has 17 heavy (non-hydrogen) atoms. The minimum atomic E-state index is 0.558. The summed E-state index contributed by atoms with van der Waals surface area (Å²) < 4.78 is 0. The molecule has 1 aliphatic rings. The summed E-state index contributed by atoms with van der Waals surface area (Å²) in [7, 11) is 0. The maximum atomic E-state index is 4.24. The molecule has 1 atom stereocenters. The van der Waals surface area contributed by atoms with Crippen LogP contribution in [0.1, 0.15) is 47.1 Å². The molecule has 1 aromatic rings. The van der Waals surface area contributed by atoms with Gasteiger partial charge in [0, 0.05) is 18.3 Å². The summed E-state index contributed by atoms with van der Waals surface area (Å²) in [6.07, 6.45) is 5.09. The van der Waals surface area contributed by atoms with Crippen LogP contribution in [-0.2, 0) is 6.42 Å². The predicted octanol–water partition coefficient (Wildman–Crippen LogP) is 3.90. The third-order valence-corrected chi connectivity index (χ3v) is 3.28. The Morgan fingerprint density at radius 3 is 2.41 bits per heavy atom. The molecule has 0 amide bonds. The highest BCUT2D eigenvalue weighted by molar-refractivity contribution is 5.58. The van der Waals surface area contributed by atoms with Crippen LogP contribution in [0, 0.1) is 5.92 Å². The van der Waals surface area contributed by atoms with Crippen LogP contribution in [-0.4, -0.2) is 17.1 Å². The topological polar surface area (TPSA) is 16.1 Å². The molecule has 2 nitrogen and oxygen atoms in total. The highest BCUT2D eigenvalue weighted by Gasteiger charge is 2.32. The van der Waals surface area contributed by atoms with Crippen molar-refractivity contribution in [2.45, 2.75) is 60.0 Å². The number of pyridine rings is 1. The van der Waals surface area contributed by atoms with Gasteiger partial charge in [-0.05, 0) is 37.8 Å². The van der Waals surface area contributed by atoms with Gasteiger partial charge in [0.2, 0.25) is 0 Å². The van der Waals surface area contributed by atoms with Crippen molar-refractivity contribution in [2.24, 2.45) is 5.92 Å². The molecule has 0 fully saturated rings. The first-order chi connectivity index (χ1) is 8.11. The van der Waals surface area contributed by atoms with Gasteiger partial charge in [0.25, 0.3) is 0 Å². The van der Waals surface area contributed by atoms with Gasteiger partial charge >= 0.3 is 0 Å². The first kappa shape index (κ1) is 14.0. The second-order valence-electron chi connectivity index (χ2n) is 5.02. The average molecular weight is 234 g/mol. The second-order valence-corrected chi connectivity index (χ2v) is 5.02. The summed E-state index contributed by atoms with van der Waals surface area (Å²) in [5, 5.41) is 0. The molecule has 2 rings (SSSR count). The van der Waals surface area contributed by atoms with E-state index in [4.69, 9.17) is 0 Å². The Morgan fingerprint density at radius 1 is 1.24 bits per heavy atom. The van der Waals surface area contributed by atoms with Gasteiger partial charge in [-0.3, -0.25) is 4.98 Å². The zero-order valence-electron chi connectivity index (χ0n) is 12.1. The van der Waals surface area contributed by atoms with E-state index in [1.807, 2.05) is 26.2 Å². The Labute approximate surface area is 106 Å². The number of fused-ring (bicyclic) bond motifs is 1. The van der Waals surface area contributed by atoms with Crippen LogP contribution in [0.4, 0.5) is 5.69 Å². The Bertz CT molecular complexity index is 345. The van der Waals surface area contributed by atoms with E-state index in [-0.39, 0.29) is 0 Å². The third kappa shape index (κ3) is 2.80. The molecular weight excluding hydrogens is 208 g/mol. The van der Waals surface area contributed by atoms with Crippen LogP contribution in [0.15, 0.2) is 18.5 Å². The summed E-state index contributed by atoms with van der Waals surface area (Å²) in [5.74, 6) is 0.694. The van der Waals surface area contributed by atoms with Crippen molar-refractivity contribution >= 4 is 5.69 Å². The average Bonchev–Trinajstić information content (AvgIpc) is 2.71. The fourth-order valence-corrected chi connectivity index (χ4v) is 2.54. The molecule has 0 radical (unpaired) electrons. The normalized spacial score (nSPS) is 18.1. The molecule has 96 valence electrons. The van der Waals surface area contributed by atoms with Crippen molar-refractivity contribution in [1.29, 1.82) is 0 Å². The van der Waals surface area contributed by atoms with Crippen LogP contribution in [0.25, 0.3) is 0 Å². The molecule has 0 saturated carbocycles. The molecule has 0 saturated heterocycles. The molecule has 1 unspecified atom stereocenters. The monoisotopic (exact) mass is 234 g/mol. The van der Waals surface area contributed by atoms with E-state index >= 15 is 0 Å². The Hall–Kier alpha value is -1.05.